The summed E-state index contributed by atoms with van der Waals surface area (Å²) < 4.78 is 25.8. The Hall–Kier alpha value is -5.12. The molecule has 1 aliphatic carbocycles. The number of ether oxygens (including phenoxy) is 2. The van der Waals surface area contributed by atoms with E-state index in [0.29, 0.717) is 29.6 Å². The summed E-state index contributed by atoms with van der Waals surface area (Å²) in [5.41, 5.74) is 4.26. The average molecular weight is 640 g/mol. The number of amides is 2. The van der Waals surface area contributed by atoms with Crippen molar-refractivity contribution in [2.24, 2.45) is 5.92 Å². The fourth-order valence-corrected chi connectivity index (χ4v) is 5.36. The number of hydrogen-bond donors (Lipinski definition) is 3. The van der Waals surface area contributed by atoms with Crippen molar-refractivity contribution in [3.05, 3.63) is 83.7 Å². The van der Waals surface area contributed by atoms with E-state index in [4.69, 9.17) is 9.47 Å². The molecule has 1 fully saturated rings. The fourth-order valence-electron chi connectivity index (χ4n) is 5.36. The highest BCUT2D eigenvalue weighted by molar-refractivity contribution is 5.92. The van der Waals surface area contributed by atoms with Crippen LogP contribution in [0.25, 0.3) is 11.1 Å². The van der Waals surface area contributed by atoms with Crippen LogP contribution in [0.3, 0.4) is 0 Å². The smallest absolute Gasteiger partial charge is 0.342 e. The number of benzene rings is 1. The number of aromatic nitrogens is 4. The molecule has 12 heteroatoms. The molecular formula is C35H38FN7O4. The molecule has 47 heavy (non-hydrogen) atoms. The summed E-state index contributed by atoms with van der Waals surface area (Å²) in [6.07, 6.45) is 5.13. The molecule has 3 heterocycles. The lowest BCUT2D eigenvalue weighted by atomic mass is 9.87. The minimum absolute atomic E-state index is 0.0460. The summed E-state index contributed by atoms with van der Waals surface area (Å²) in [4.78, 5) is 34.3. The number of carbonyl (C=O) groups excluding carboxylic acids is 2. The van der Waals surface area contributed by atoms with E-state index in [1.807, 2.05) is 44.2 Å². The number of methoxy groups -OCH3 is 1. The van der Waals surface area contributed by atoms with Crippen molar-refractivity contribution in [1.82, 2.24) is 25.1 Å². The molecule has 0 aliphatic heterocycles. The van der Waals surface area contributed by atoms with E-state index in [1.165, 1.54) is 16.8 Å². The van der Waals surface area contributed by atoms with Crippen LogP contribution in [0.5, 0.6) is 0 Å². The van der Waals surface area contributed by atoms with Crippen LogP contribution in [0.2, 0.25) is 0 Å². The Morgan fingerprint density at radius 2 is 1.77 bits per heavy atom. The summed E-state index contributed by atoms with van der Waals surface area (Å²) in [5.74, 6) is 6.51. The van der Waals surface area contributed by atoms with E-state index in [0.717, 1.165) is 48.2 Å². The van der Waals surface area contributed by atoms with Crippen molar-refractivity contribution < 1.29 is 23.5 Å². The third kappa shape index (κ3) is 9.45. The molecule has 2 amide bonds. The Morgan fingerprint density at radius 1 is 1.00 bits per heavy atom. The van der Waals surface area contributed by atoms with E-state index in [9.17, 15) is 14.0 Å². The third-order valence-corrected chi connectivity index (χ3v) is 7.78. The number of nitrogens with one attached hydrogen (secondary N) is 3. The van der Waals surface area contributed by atoms with Crippen molar-refractivity contribution in [3.63, 3.8) is 0 Å². The number of aryl methyl sites for hydroxylation is 2. The minimum atomic E-state index is -0.340. The lowest BCUT2D eigenvalue weighted by molar-refractivity contribution is -0.121. The van der Waals surface area contributed by atoms with Gasteiger partial charge in [-0.25, -0.2) is 19.2 Å². The van der Waals surface area contributed by atoms with Crippen LogP contribution in [0.15, 0.2) is 60.8 Å². The zero-order valence-electron chi connectivity index (χ0n) is 26.7. The second kappa shape index (κ2) is 15.9. The Morgan fingerprint density at radius 3 is 2.49 bits per heavy atom. The molecule has 1 saturated carbocycles. The molecule has 3 N–H and O–H groups in total. The van der Waals surface area contributed by atoms with Crippen LogP contribution in [0, 0.1) is 37.4 Å². The van der Waals surface area contributed by atoms with Crippen molar-refractivity contribution in [2.75, 3.05) is 37.5 Å². The summed E-state index contributed by atoms with van der Waals surface area (Å²) in [6, 6.07) is 14.8. The summed E-state index contributed by atoms with van der Waals surface area (Å²) in [7, 11) is 1.71. The molecule has 4 aromatic rings. The van der Waals surface area contributed by atoms with Gasteiger partial charge in [-0.1, -0.05) is 5.92 Å². The predicted molar refractivity (Wildman–Crippen MR) is 177 cm³/mol. The van der Waals surface area contributed by atoms with E-state index in [1.54, 1.807) is 25.4 Å². The van der Waals surface area contributed by atoms with Crippen LogP contribution >= 0.6 is 0 Å². The van der Waals surface area contributed by atoms with Gasteiger partial charge in [0.25, 0.3) is 0 Å². The number of nitrogens with zero attached hydrogens (tertiary/aromatic N) is 4. The van der Waals surface area contributed by atoms with E-state index in [-0.39, 0.29) is 43.0 Å². The van der Waals surface area contributed by atoms with E-state index >= 15 is 0 Å². The largest absolute Gasteiger partial charge is 0.381 e. The maximum Gasteiger partial charge on any atom is 0.342 e. The first-order valence-electron chi connectivity index (χ1n) is 15.5. The standard InChI is InChI=1S/C35H38FN7O4/c1-23-19-24(2)43(42-23)35(45)38-16-18-47-17-4-5-30-20-27(22-33(40-30)39-29-10-8-28(36)9-11-29)26-14-15-37-32(21-26)41-34(44)25-6-12-31(46-3)13-7-25/h8-11,14-15,19-22,25,31H,6-7,12-13,16-18H2,1-3H3,(H,38,45)(H,39,40)(H,37,41,44). The van der Waals surface area contributed by atoms with Gasteiger partial charge >= 0.3 is 6.03 Å². The zero-order valence-corrected chi connectivity index (χ0v) is 26.7. The monoisotopic (exact) mass is 639 g/mol. The van der Waals surface area contributed by atoms with Crippen molar-refractivity contribution in [3.8, 4) is 23.0 Å². The highest BCUT2D eigenvalue weighted by Gasteiger charge is 2.26. The number of halogens is 1. The van der Waals surface area contributed by atoms with Gasteiger partial charge in [-0.15, -0.1) is 0 Å². The van der Waals surface area contributed by atoms with Crippen LogP contribution in [0.4, 0.5) is 26.5 Å². The molecule has 0 bridgehead atoms. The highest BCUT2D eigenvalue weighted by atomic mass is 19.1. The Bertz CT molecular complexity index is 1760. The topological polar surface area (TPSA) is 132 Å². The molecule has 5 rings (SSSR count). The SMILES string of the molecule is COC1CCC(C(=O)Nc2cc(-c3cc(C#CCOCCNC(=O)n4nc(C)cc4C)nc(Nc4ccc(F)cc4)c3)ccn2)CC1. The second-order valence-electron chi connectivity index (χ2n) is 11.3. The van der Waals surface area contributed by atoms with Crippen molar-refractivity contribution >= 4 is 29.3 Å². The highest BCUT2D eigenvalue weighted by Crippen LogP contribution is 2.29. The predicted octanol–water partition coefficient (Wildman–Crippen LogP) is 5.61. The maximum absolute atomic E-state index is 13.5. The van der Waals surface area contributed by atoms with Gasteiger partial charge in [0, 0.05) is 37.2 Å². The lowest BCUT2D eigenvalue weighted by Crippen LogP contribution is -2.32. The van der Waals surface area contributed by atoms with Gasteiger partial charge in [-0.05, 0) is 111 Å². The first-order chi connectivity index (χ1) is 22.8. The van der Waals surface area contributed by atoms with Gasteiger partial charge in [0.15, 0.2) is 0 Å². The fraction of sp³-hybridized carbons (Fsp3) is 0.343. The van der Waals surface area contributed by atoms with Crippen LogP contribution in [-0.2, 0) is 14.3 Å². The molecule has 1 aliphatic rings. The first-order valence-corrected chi connectivity index (χ1v) is 15.5. The van der Waals surface area contributed by atoms with Gasteiger partial charge in [0.1, 0.15) is 29.8 Å². The summed E-state index contributed by atoms with van der Waals surface area (Å²) in [5, 5.41) is 13.1. The van der Waals surface area contributed by atoms with E-state index in [2.05, 4.69) is 42.9 Å². The third-order valence-electron chi connectivity index (χ3n) is 7.78. The van der Waals surface area contributed by atoms with Crippen LogP contribution in [-0.4, -0.2) is 64.7 Å². The molecule has 0 unspecified atom stereocenters. The number of hydrogen-bond acceptors (Lipinski definition) is 8. The molecular weight excluding hydrogens is 601 g/mol. The quantitative estimate of drug-likeness (QED) is 0.151. The number of carbonyl (C=O) groups is 2. The number of anilines is 3. The molecule has 0 radical (unpaired) electrons. The van der Waals surface area contributed by atoms with Crippen molar-refractivity contribution in [1.29, 1.82) is 0 Å². The van der Waals surface area contributed by atoms with Gasteiger partial charge < -0.3 is 25.4 Å². The molecule has 11 nitrogen and oxygen atoms in total. The molecule has 244 valence electrons. The molecule has 0 spiro atoms. The summed E-state index contributed by atoms with van der Waals surface area (Å²) >= 11 is 0. The van der Waals surface area contributed by atoms with Gasteiger partial charge in [-0.2, -0.15) is 9.78 Å². The number of pyridine rings is 2. The lowest BCUT2D eigenvalue weighted by Gasteiger charge is -2.26. The zero-order chi connectivity index (χ0) is 33.2. The molecule has 0 atom stereocenters. The average Bonchev–Trinajstić information content (AvgIpc) is 3.42. The van der Waals surface area contributed by atoms with Crippen molar-refractivity contribution in [2.45, 2.75) is 45.6 Å². The number of rotatable bonds is 10. The second-order valence-corrected chi connectivity index (χ2v) is 11.3. The van der Waals surface area contributed by atoms with Gasteiger partial charge in [-0.3, -0.25) is 4.79 Å². The van der Waals surface area contributed by atoms with Gasteiger partial charge in [0.05, 0.1) is 18.4 Å². The molecule has 0 saturated heterocycles. The Balaban J connectivity index is 1.25. The maximum atomic E-state index is 13.5. The van der Waals surface area contributed by atoms with Crippen LogP contribution < -0.4 is 16.0 Å². The van der Waals surface area contributed by atoms with Gasteiger partial charge in [0.2, 0.25) is 5.91 Å². The Labute approximate surface area is 273 Å². The van der Waals surface area contributed by atoms with Crippen LogP contribution in [0.1, 0.15) is 42.8 Å². The molecule has 1 aromatic carbocycles. The first kappa shape index (κ1) is 33.2. The normalized spacial score (nSPS) is 15.7. The van der Waals surface area contributed by atoms with E-state index < -0.39 is 0 Å². The summed E-state index contributed by atoms with van der Waals surface area (Å²) in [6.45, 7) is 4.34. The Kier molecular flexibility index (Phi) is 11.3. The molecule has 3 aromatic heterocycles. The minimum Gasteiger partial charge on any atom is -0.381 e.